The predicted molar refractivity (Wildman–Crippen MR) is 143 cm³/mol. The van der Waals surface area contributed by atoms with Crippen molar-refractivity contribution in [3.8, 4) is 17.2 Å². The largest absolute Gasteiger partial charge is 0.748 e. The number of unbranched alkanes of at least 4 members (excludes halogenated alkanes) is 2. The number of halogens is 1. The smallest absolute Gasteiger partial charge is 0.333 e. The van der Waals surface area contributed by atoms with E-state index >= 15 is 0 Å². The average Bonchev–Trinajstić information content (AvgIpc) is 3.47. The lowest BCUT2D eigenvalue weighted by molar-refractivity contribution is -0.697. The maximum absolute atomic E-state index is 11.9. The Balaban J connectivity index is 1.36. The Hall–Kier alpha value is -3.64. The van der Waals surface area contributed by atoms with E-state index in [1.807, 2.05) is 0 Å². The standard InChI is InChI=1S/C25H26ClN3O12S2/c26-17-15-28(9-3-1-2-5-24(32)41-29-22(30)6-7-23(29)31)10-8-16(17)25-27-18-13-21(43(36,37)38)20(14-19(18)40-25)39-11-4-12-42(33,34)35/h8,10,13-15H,1-7,9,11-12H2,(H-,33,34,35,36,37,38)/p-1. The van der Waals surface area contributed by atoms with Crippen LogP contribution in [0.1, 0.15) is 44.9 Å². The molecule has 0 saturated carbocycles. The van der Waals surface area contributed by atoms with Crippen LogP contribution in [0.4, 0.5) is 0 Å². The minimum Gasteiger partial charge on any atom is -0.748 e. The molecule has 0 aliphatic carbocycles. The second kappa shape index (κ2) is 13.3. The van der Waals surface area contributed by atoms with Crippen LogP contribution in [-0.2, 0) is 46.0 Å². The van der Waals surface area contributed by atoms with Gasteiger partial charge in [-0.15, -0.1) is 5.06 Å². The third-order valence-electron chi connectivity index (χ3n) is 6.22. The molecule has 0 radical (unpaired) electrons. The van der Waals surface area contributed by atoms with E-state index in [-0.39, 0.29) is 60.1 Å². The Bertz CT molecular complexity index is 1760. The molecule has 2 aromatic heterocycles. The number of carbonyl (C=O) groups is 3. The van der Waals surface area contributed by atoms with Crippen LogP contribution in [0.25, 0.3) is 22.6 Å². The average molecular weight is 659 g/mol. The summed E-state index contributed by atoms with van der Waals surface area (Å²) in [6.07, 6.45) is 5.02. The minimum atomic E-state index is -5.01. The molecule has 1 aromatic carbocycles. The SMILES string of the molecule is O=C(CCCCC[n+]1ccc(-c2nc3cc(S(=O)(=O)[O-])c(OCCCS(=O)(=O)[O-])cc3o2)c(Cl)c1)ON1C(=O)CCC1=O. The summed E-state index contributed by atoms with van der Waals surface area (Å²) in [5.74, 6) is -2.79. The number of pyridine rings is 1. The summed E-state index contributed by atoms with van der Waals surface area (Å²) in [4.78, 5) is 43.3. The molecule has 232 valence electrons. The van der Waals surface area contributed by atoms with Crippen molar-refractivity contribution in [3.63, 3.8) is 0 Å². The summed E-state index contributed by atoms with van der Waals surface area (Å²) in [5.41, 5.74) is 0.472. The molecule has 4 rings (SSSR count). The van der Waals surface area contributed by atoms with Gasteiger partial charge in [-0.3, -0.25) is 9.59 Å². The highest BCUT2D eigenvalue weighted by Crippen LogP contribution is 2.34. The summed E-state index contributed by atoms with van der Waals surface area (Å²) in [6, 6.07) is 3.73. The molecule has 0 N–H and O–H groups in total. The number of aromatic nitrogens is 2. The second-order valence-corrected chi connectivity index (χ2v) is 12.8. The minimum absolute atomic E-state index is 0.0298. The predicted octanol–water partition coefficient (Wildman–Crippen LogP) is 1.82. The molecule has 1 fully saturated rings. The van der Waals surface area contributed by atoms with Crippen molar-refractivity contribution >= 4 is 60.7 Å². The number of hydroxylamine groups is 2. The van der Waals surface area contributed by atoms with Gasteiger partial charge in [-0.2, -0.15) is 0 Å². The number of ether oxygens (including phenoxy) is 1. The molecular weight excluding hydrogens is 634 g/mol. The van der Waals surface area contributed by atoms with Gasteiger partial charge in [0.1, 0.15) is 33.0 Å². The summed E-state index contributed by atoms with van der Waals surface area (Å²) in [5, 5.41) is 0.773. The Labute approximate surface area is 250 Å². The molecule has 3 aromatic rings. The molecule has 18 heteroatoms. The van der Waals surface area contributed by atoms with Crippen LogP contribution in [-0.4, -0.2) is 66.1 Å². The number of hydrogen-bond donors (Lipinski definition) is 0. The van der Waals surface area contributed by atoms with E-state index in [1.165, 1.54) is 0 Å². The normalized spacial score (nSPS) is 14.1. The van der Waals surface area contributed by atoms with Crippen molar-refractivity contribution in [1.82, 2.24) is 10.0 Å². The van der Waals surface area contributed by atoms with Crippen LogP contribution < -0.4 is 9.30 Å². The Kier molecular flexibility index (Phi) is 10.0. The Morgan fingerprint density at radius 3 is 2.44 bits per heavy atom. The van der Waals surface area contributed by atoms with Crippen LogP contribution in [0.2, 0.25) is 5.02 Å². The van der Waals surface area contributed by atoms with E-state index in [0.717, 1.165) is 12.1 Å². The zero-order chi connectivity index (χ0) is 31.4. The number of hydrogen-bond acceptors (Lipinski definition) is 13. The zero-order valence-electron chi connectivity index (χ0n) is 22.4. The molecule has 1 aliphatic heterocycles. The fourth-order valence-corrected chi connectivity index (χ4v) is 5.50. The second-order valence-electron chi connectivity index (χ2n) is 9.50. The van der Waals surface area contributed by atoms with E-state index in [4.69, 9.17) is 25.6 Å². The van der Waals surface area contributed by atoms with Crippen LogP contribution in [0.3, 0.4) is 0 Å². The first-order valence-corrected chi connectivity index (χ1v) is 16.3. The quantitative estimate of drug-likeness (QED) is 0.105. The van der Waals surface area contributed by atoms with E-state index in [9.17, 15) is 40.3 Å². The van der Waals surface area contributed by atoms with Crippen LogP contribution in [0, 0.1) is 0 Å². The summed E-state index contributed by atoms with van der Waals surface area (Å²) < 4.78 is 80.5. The summed E-state index contributed by atoms with van der Waals surface area (Å²) in [7, 11) is -9.50. The first-order valence-electron chi connectivity index (χ1n) is 12.9. The molecule has 15 nitrogen and oxygen atoms in total. The molecule has 0 atom stereocenters. The maximum atomic E-state index is 11.9. The fraction of sp³-hybridized carbons (Fsp3) is 0.400. The van der Waals surface area contributed by atoms with Gasteiger partial charge in [0.15, 0.2) is 18.0 Å². The van der Waals surface area contributed by atoms with Crippen molar-refractivity contribution in [2.45, 2.75) is 56.4 Å². The highest BCUT2D eigenvalue weighted by Gasteiger charge is 2.32. The van der Waals surface area contributed by atoms with Gasteiger partial charge in [-0.25, -0.2) is 31.2 Å². The molecule has 2 amide bonds. The van der Waals surface area contributed by atoms with Gasteiger partial charge in [-0.1, -0.05) is 11.6 Å². The van der Waals surface area contributed by atoms with Crippen LogP contribution in [0.15, 0.2) is 39.9 Å². The van der Waals surface area contributed by atoms with E-state index in [2.05, 4.69) is 4.98 Å². The number of imide groups is 1. The van der Waals surface area contributed by atoms with Gasteiger partial charge >= 0.3 is 5.97 Å². The van der Waals surface area contributed by atoms with Gasteiger partial charge in [0.05, 0.1) is 27.2 Å². The monoisotopic (exact) mass is 658 g/mol. The lowest BCUT2D eigenvalue weighted by atomic mass is 10.2. The van der Waals surface area contributed by atoms with Gasteiger partial charge in [0.2, 0.25) is 5.89 Å². The van der Waals surface area contributed by atoms with Gasteiger partial charge in [-0.05, 0) is 25.3 Å². The van der Waals surface area contributed by atoms with Crippen LogP contribution in [0.5, 0.6) is 5.75 Å². The lowest BCUT2D eigenvalue weighted by Crippen LogP contribution is -2.33. The van der Waals surface area contributed by atoms with Gasteiger partial charge in [0.25, 0.3) is 11.8 Å². The highest BCUT2D eigenvalue weighted by atomic mass is 35.5. The van der Waals surface area contributed by atoms with Crippen molar-refractivity contribution < 1.29 is 58.9 Å². The van der Waals surface area contributed by atoms with Crippen LogP contribution >= 0.6 is 11.6 Å². The molecule has 43 heavy (non-hydrogen) atoms. The molecular formula is C25H25ClN3O12S2-. The molecule has 0 spiro atoms. The van der Waals surface area contributed by atoms with Gasteiger partial charge < -0.3 is 23.1 Å². The number of amides is 2. The van der Waals surface area contributed by atoms with Gasteiger partial charge in [0, 0.05) is 43.6 Å². The highest BCUT2D eigenvalue weighted by molar-refractivity contribution is 7.86. The summed E-state index contributed by atoms with van der Waals surface area (Å²) in [6.45, 7) is 0.205. The number of nitrogens with zero attached hydrogens (tertiary/aromatic N) is 3. The van der Waals surface area contributed by atoms with E-state index < -0.39 is 48.7 Å². The third-order valence-corrected chi connectivity index (χ3v) is 8.16. The Morgan fingerprint density at radius 2 is 1.79 bits per heavy atom. The molecule has 1 saturated heterocycles. The molecule has 3 heterocycles. The first kappa shape index (κ1) is 32.3. The molecule has 0 bridgehead atoms. The van der Waals surface area contributed by atoms with Crippen molar-refractivity contribution in [3.05, 3.63) is 35.6 Å². The summed E-state index contributed by atoms with van der Waals surface area (Å²) >= 11 is 6.45. The Morgan fingerprint density at radius 1 is 1.07 bits per heavy atom. The van der Waals surface area contributed by atoms with Crippen molar-refractivity contribution in [1.29, 1.82) is 0 Å². The van der Waals surface area contributed by atoms with Crippen molar-refractivity contribution in [2.24, 2.45) is 0 Å². The molecule has 1 aliphatic rings. The fourth-order valence-electron chi connectivity index (χ4n) is 4.14. The molecule has 0 unspecified atom stereocenters. The number of aryl methyl sites for hydroxylation is 1. The topological polar surface area (TPSA) is 217 Å². The number of benzene rings is 1. The van der Waals surface area contributed by atoms with E-state index in [1.54, 1.807) is 23.0 Å². The van der Waals surface area contributed by atoms with E-state index in [0.29, 0.717) is 36.4 Å². The number of rotatable bonds is 14. The lowest BCUT2D eigenvalue weighted by Gasteiger charge is -2.14. The van der Waals surface area contributed by atoms with Crippen molar-refractivity contribution in [2.75, 3.05) is 12.4 Å². The number of carbonyl (C=O) groups excluding carboxylic acids is 3. The first-order chi connectivity index (χ1) is 20.2. The number of oxazole rings is 1. The number of fused-ring (bicyclic) bond motifs is 1. The maximum Gasteiger partial charge on any atom is 0.333 e. The zero-order valence-corrected chi connectivity index (χ0v) is 24.8. The third kappa shape index (κ3) is 8.70.